The van der Waals surface area contributed by atoms with E-state index in [1.54, 1.807) is 0 Å². The molecule has 10 heavy (non-hydrogen) atoms. The minimum atomic E-state index is 0.637. The third-order valence-electron chi connectivity index (χ3n) is 3.37. The Hall–Kier alpha value is -0.0800. The predicted octanol–water partition coefficient (Wildman–Crippen LogP) is 0.620. The number of piperidine rings is 1. The second kappa shape index (κ2) is 1.56. The van der Waals surface area contributed by atoms with E-state index in [0.29, 0.717) is 12.2 Å². The highest BCUT2D eigenvalue weighted by Gasteiger charge is 2.60. The van der Waals surface area contributed by atoms with E-state index >= 15 is 0 Å². The van der Waals surface area contributed by atoms with Gasteiger partial charge in [-0.05, 0) is 19.9 Å². The van der Waals surface area contributed by atoms with Gasteiger partial charge in [-0.25, -0.2) is 0 Å². The zero-order valence-electron chi connectivity index (χ0n) is 6.29. The average molecular weight is 139 g/mol. The van der Waals surface area contributed by atoms with Gasteiger partial charge in [0.25, 0.3) is 0 Å². The van der Waals surface area contributed by atoms with Crippen LogP contribution in [0, 0.1) is 0 Å². The van der Waals surface area contributed by atoms with Gasteiger partial charge >= 0.3 is 0 Å². The molecular formula is C8H13NO. The Balaban J connectivity index is 1.94. The van der Waals surface area contributed by atoms with Gasteiger partial charge < -0.3 is 4.74 Å². The number of rotatable bonds is 0. The molecular weight excluding hydrogens is 126 g/mol. The monoisotopic (exact) mass is 139 g/mol. The molecule has 2 nitrogen and oxygen atoms in total. The summed E-state index contributed by atoms with van der Waals surface area (Å²) >= 11 is 0. The van der Waals surface area contributed by atoms with Crippen LogP contribution in [0.3, 0.4) is 0 Å². The van der Waals surface area contributed by atoms with Gasteiger partial charge in [-0.2, -0.15) is 0 Å². The summed E-state index contributed by atoms with van der Waals surface area (Å²) in [5.41, 5.74) is 0. The van der Waals surface area contributed by atoms with Crippen molar-refractivity contribution in [1.82, 2.24) is 4.90 Å². The molecule has 56 valence electrons. The first kappa shape index (κ1) is 5.56. The fourth-order valence-electron chi connectivity index (χ4n) is 2.74. The molecule has 2 bridgehead atoms. The van der Waals surface area contributed by atoms with Crippen LogP contribution in [0.2, 0.25) is 0 Å². The van der Waals surface area contributed by atoms with Gasteiger partial charge in [0.2, 0.25) is 0 Å². The van der Waals surface area contributed by atoms with Crippen LogP contribution in [-0.2, 0) is 4.74 Å². The lowest BCUT2D eigenvalue weighted by atomic mass is 10.0. The number of morpholine rings is 1. The van der Waals surface area contributed by atoms with E-state index in [-0.39, 0.29) is 0 Å². The number of nitrogens with zero attached hydrogens (tertiary/aromatic N) is 1. The van der Waals surface area contributed by atoms with Crippen molar-refractivity contribution in [3.05, 3.63) is 0 Å². The third kappa shape index (κ3) is 0.487. The Bertz CT molecular complexity index is 155. The maximum Gasteiger partial charge on any atom is 0.101 e. The molecule has 3 aliphatic rings. The van der Waals surface area contributed by atoms with E-state index in [1.165, 1.54) is 19.3 Å². The van der Waals surface area contributed by atoms with Crippen LogP contribution in [0.5, 0.6) is 0 Å². The molecule has 3 aliphatic heterocycles. The zero-order valence-corrected chi connectivity index (χ0v) is 6.29. The molecule has 0 aromatic heterocycles. The zero-order chi connectivity index (χ0) is 6.72. The van der Waals surface area contributed by atoms with Crippen molar-refractivity contribution < 1.29 is 4.74 Å². The molecule has 0 aliphatic carbocycles. The Morgan fingerprint density at radius 1 is 1.20 bits per heavy atom. The normalized spacial score (nSPS) is 58.5. The van der Waals surface area contributed by atoms with Gasteiger partial charge in [-0.15, -0.1) is 0 Å². The molecule has 0 amide bonds. The minimum absolute atomic E-state index is 0.637. The highest BCUT2D eigenvalue weighted by molar-refractivity contribution is 5.12. The molecule has 2 heteroatoms. The van der Waals surface area contributed by atoms with Gasteiger partial charge in [-0.1, -0.05) is 6.42 Å². The van der Waals surface area contributed by atoms with Gasteiger partial charge in [-0.3, -0.25) is 4.90 Å². The van der Waals surface area contributed by atoms with Crippen molar-refractivity contribution in [2.75, 3.05) is 7.05 Å². The Kier molecular flexibility index (Phi) is 0.868. The molecule has 0 aromatic carbocycles. The minimum Gasteiger partial charge on any atom is -0.366 e. The SMILES string of the molecule is CN1[C@@H]2CCC[C@H]1[C@@H]1O[C@@H]12. The summed E-state index contributed by atoms with van der Waals surface area (Å²) in [5.74, 6) is 0. The topological polar surface area (TPSA) is 15.8 Å². The van der Waals surface area contributed by atoms with Crippen LogP contribution in [0.15, 0.2) is 0 Å². The summed E-state index contributed by atoms with van der Waals surface area (Å²) in [6.45, 7) is 0. The van der Waals surface area contributed by atoms with Gasteiger partial charge in [0, 0.05) is 12.1 Å². The van der Waals surface area contributed by atoms with E-state index in [1.807, 2.05) is 0 Å². The van der Waals surface area contributed by atoms with E-state index < -0.39 is 0 Å². The number of hydrogen-bond donors (Lipinski definition) is 0. The summed E-state index contributed by atoms with van der Waals surface area (Å²) in [6.07, 6.45) is 5.44. The van der Waals surface area contributed by atoms with Crippen LogP contribution in [-0.4, -0.2) is 36.2 Å². The molecule has 3 fully saturated rings. The van der Waals surface area contributed by atoms with Gasteiger partial charge in [0.15, 0.2) is 0 Å². The van der Waals surface area contributed by atoms with Crippen molar-refractivity contribution in [1.29, 1.82) is 0 Å². The van der Waals surface area contributed by atoms with Crippen LogP contribution in [0.25, 0.3) is 0 Å². The van der Waals surface area contributed by atoms with E-state index in [0.717, 1.165) is 12.1 Å². The Labute approximate surface area is 61.1 Å². The van der Waals surface area contributed by atoms with E-state index in [4.69, 9.17) is 4.74 Å². The largest absolute Gasteiger partial charge is 0.366 e. The van der Waals surface area contributed by atoms with E-state index in [2.05, 4.69) is 11.9 Å². The lowest BCUT2D eigenvalue weighted by Gasteiger charge is -2.33. The maximum atomic E-state index is 5.55. The smallest absolute Gasteiger partial charge is 0.101 e. The number of likely N-dealkylation sites (N-methyl/N-ethyl adjacent to an activating group) is 1. The Morgan fingerprint density at radius 2 is 1.80 bits per heavy atom. The van der Waals surface area contributed by atoms with Crippen molar-refractivity contribution in [3.8, 4) is 0 Å². The molecule has 0 N–H and O–H groups in total. The molecule has 3 heterocycles. The van der Waals surface area contributed by atoms with Crippen LogP contribution in [0.4, 0.5) is 0 Å². The van der Waals surface area contributed by atoms with E-state index in [9.17, 15) is 0 Å². The first-order valence-electron chi connectivity index (χ1n) is 4.25. The average Bonchev–Trinajstić information content (AvgIpc) is 2.59. The summed E-state index contributed by atoms with van der Waals surface area (Å²) in [4.78, 5) is 2.53. The molecule has 0 unspecified atom stereocenters. The summed E-state index contributed by atoms with van der Waals surface area (Å²) in [5, 5.41) is 0. The number of epoxide rings is 1. The predicted molar refractivity (Wildman–Crippen MR) is 37.9 cm³/mol. The maximum absolute atomic E-state index is 5.55. The quantitative estimate of drug-likeness (QED) is 0.457. The molecule has 4 atom stereocenters. The molecule has 0 saturated carbocycles. The van der Waals surface area contributed by atoms with Gasteiger partial charge in [0.05, 0.1) is 0 Å². The highest BCUT2D eigenvalue weighted by atomic mass is 16.6. The molecule has 0 radical (unpaired) electrons. The standard InChI is InChI=1S/C8H13NO/c1-9-5-3-2-4-6(9)8-7(5)10-8/h5-8H,2-4H2,1H3/t5-,6+,7-,8+. The number of fused-ring (bicyclic) bond motifs is 5. The molecule has 3 rings (SSSR count). The second-order valence-corrected chi connectivity index (χ2v) is 3.80. The lowest BCUT2D eigenvalue weighted by molar-refractivity contribution is 0.0755. The number of hydrogen-bond acceptors (Lipinski definition) is 2. The summed E-state index contributed by atoms with van der Waals surface area (Å²) in [7, 11) is 2.25. The van der Waals surface area contributed by atoms with Crippen LogP contribution < -0.4 is 0 Å². The van der Waals surface area contributed by atoms with Crippen molar-refractivity contribution >= 4 is 0 Å². The van der Waals surface area contributed by atoms with Crippen LogP contribution >= 0.6 is 0 Å². The Morgan fingerprint density at radius 3 is 2.30 bits per heavy atom. The van der Waals surface area contributed by atoms with Gasteiger partial charge in [0.1, 0.15) is 12.2 Å². The second-order valence-electron chi connectivity index (χ2n) is 3.80. The fourth-order valence-corrected chi connectivity index (χ4v) is 2.74. The van der Waals surface area contributed by atoms with Crippen molar-refractivity contribution in [3.63, 3.8) is 0 Å². The third-order valence-corrected chi connectivity index (χ3v) is 3.37. The van der Waals surface area contributed by atoms with Crippen molar-refractivity contribution in [2.45, 2.75) is 43.6 Å². The number of ether oxygens (including phenoxy) is 1. The molecule has 3 saturated heterocycles. The first-order chi connectivity index (χ1) is 4.88. The van der Waals surface area contributed by atoms with Crippen molar-refractivity contribution in [2.24, 2.45) is 0 Å². The fraction of sp³-hybridized carbons (Fsp3) is 1.00. The lowest BCUT2D eigenvalue weighted by Crippen LogP contribution is -2.41. The summed E-state index contributed by atoms with van der Waals surface area (Å²) < 4.78 is 5.55. The van der Waals surface area contributed by atoms with Crippen LogP contribution in [0.1, 0.15) is 19.3 Å². The first-order valence-corrected chi connectivity index (χ1v) is 4.25. The molecule has 0 aromatic rings. The highest BCUT2D eigenvalue weighted by Crippen LogP contribution is 2.47. The summed E-state index contributed by atoms with van der Waals surface area (Å²) in [6, 6.07) is 1.56. The molecule has 0 spiro atoms.